The maximum absolute atomic E-state index is 11.7. The van der Waals surface area contributed by atoms with Crippen molar-refractivity contribution in [3.8, 4) is 0 Å². The van der Waals surface area contributed by atoms with Crippen molar-refractivity contribution in [1.29, 1.82) is 0 Å². The first kappa shape index (κ1) is 17.4. The van der Waals surface area contributed by atoms with E-state index >= 15 is 0 Å². The fourth-order valence-electron chi connectivity index (χ4n) is 1.39. The lowest BCUT2D eigenvalue weighted by molar-refractivity contribution is -0.144. The quantitative estimate of drug-likeness (QED) is 0.254. The van der Waals surface area contributed by atoms with Crippen molar-refractivity contribution in [2.24, 2.45) is 5.84 Å². The van der Waals surface area contributed by atoms with Gasteiger partial charge in [0.15, 0.2) is 0 Å². The molecule has 0 radical (unpaired) electrons. The van der Waals surface area contributed by atoms with Crippen molar-refractivity contribution in [3.05, 3.63) is 0 Å². The van der Waals surface area contributed by atoms with E-state index in [-0.39, 0.29) is 12.3 Å². The molecule has 0 aliphatic rings. The summed E-state index contributed by atoms with van der Waals surface area (Å²) in [7, 11) is 0. The third-order valence-corrected chi connectivity index (χ3v) is 2.81. The number of carboxylic acids is 1. The molecule has 0 aromatic carbocycles. The molecule has 0 saturated carbocycles. The third kappa shape index (κ3) is 6.19. The minimum atomic E-state index is -1.14. The average molecular weight is 273 g/mol. The minimum Gasteiger partial charge on any atom is -0.480 e. The summed E-state index contributed by atoms with van der Waals surface area (Å²) in [5.41, 5.74) is 0. The van der Waals surface area contributed by atoms with Crippen LogP contribution >= 0.6 is 0 Å². The van der Waals surface area contributed by atoms with Crippen molar-refractivity contribution in [1.82, 2.24) is 10.3 Å². The molecule has 0 aromatic heterocycles. The summed E-state index contributed by atoms with van der Waals surface area (Å²) in [6.07, 6.45) is 2.93. The van der Waals surface area contributed by atoms with Crippen LogP contribution in [0.4, 0.5) is 0 Å². The number of hydrazine groups is 1. The number of carboxylic acid groups (broad SMARTS) is 1. The Hall–Kier alpha value is -1.63. The topological polar surface area (TPSA) is 113 Å². The van der Waals surface area contributed by atoms with Gasteiger partial charge in [-0.25, -0.2) is 5.84 Å². The van der Waals surface area contributed by atoms with Crippen LogP contribution in [0.5, 0.6) is 0 Å². The first-order valence-electron chi connectivity index (χ1n) is 6.41. The van der Waals surface area contributed by atoms with Crippen LogP contribution in [-0.2, 0) is 14.4 Å². The Balaban J connectivity index is 4.30. The molecule has 110 valence electrons. The molecule has 19 heavy (non-hydrogen) atoms. The predicted molar refractivity (Wildman–Crippen MR) is 69.9 cm³/mol. The molecule has 0 heterocycles. The molecule has 4 N–H and O–H groups in total. The number of unbranched alkanes of at least 4 members (excludes halogenated alkanes) is 2. The lowest BCUT2D eigenvalue weighted by Crippen LogP contribution is -2.54. The summed E-state index contributed by atoms with van der Waals surface area (Å²) in [4.78, 5) is 34.0. The van der Waals surface area contributed by atoms with E-state index in [1.165, 1.54) is 13.8 Å². The van der Waals surface area contributed by atoms with Crippen molar-refractivity contribution >= 4 is 17.8 Å². The van der Waals surface area contributed by atoms with Crippen molar-refractivity contribution in [2.75, 3.05) is 0 Å². The van der Waals surface area contributed by atoms with E-state index in [4.69, 9.17) is 10.9 Å². The van der Waals surface area contributed by atoms with E-state index in [1.807, 2.05) is 6.92 Å². The van der Waals surface area contributed by atoms with Crippen LogP contribution in [-0.4, -0.2) is 40.0 Å². The summed E-state index contributed by atoms with van der Waals surface area (Å²) in [5.74, 6) is 3.53. The smallest absolute Gasteiger partial charge is 0.325 e. The first-order chi connectivity index (χ1) is 8.81. The maximum Gasteiger partial charge on any atom is 0.325 e. The van der Waals surface area contributed by atoms with Crippen molar-refractivity contribution in [3.63, 3.8) is 0 Å². The van der Waals surface area contributed by atoms with Crippen LogP contribution in [0, 0.1) is 0 Å². The zero-order valence-electron chi connectivity index (χ0n) is 11.7. The van der Waals surface area contributed by atoms with Gasteiger partial charge >= 0.3 is 5.97 Å². The zero-order chi connectivity index (χ0) is 15.0. The number of aliphatic carboxylic acids is 1. The molecule has 0 saturated heterocycles. The first-order valence-corrected chi connectivity index (χ1v) is 6.41. The van der Waals surface area contributed by atoms with Gasteiger partial charge < -0.3 is 10.4 Å². The highest BCUT2D eigenvalue weighted by molar-refractivity contribution is 5.89. The molecule has 0 unspecified atom stereocenters. The van der Waals surface area contributed by atoms with Crippen LogP contribution in [0.2, 0.25) is 0 Å². The number of nitrogens with two attached hydrogens (primary N) is 1. The lowest BCUT2D eigenvalue weighted by atomic mass is 10.2. The van der Waals surface area contributed by atoms with Gasteiger partial charge in [-0.1, -0.05) is 19.8 Å². The molecule has 7 nitrogen and oxygen atoms in total. The Bertz CT molecular complexity index is 333. The van der Waals surface area contributed by atoms with Gasteiger partial charge in [0.1, 0.15) is 12.1 Å². The summed E-state index contributed by atoms with van der Waals surface area (Å²) < 4.78 is 0. The molecule has 0 bridgehead atoms. The summed E-state index contributed by atoms with van der Waals surface area (Å²) in [6, 6.07) is -1.91. The normalized spacial score (nSPS) is 13.5. The second-order valence-corrected chi connectivity index (χ2v) is 4.50. The third-order valence-electron chi connectivity index (χ3n) is 2.81. The SMILES string of the molecule is CCCCCC(=O)N(N)[C@H](C)C(=O)N[C@H](C)C(=O)O. The average Bonchev–Trinajstić information content (AvgIpc) is 2.36. The molecule has 2 amide bonds. The number of hydrogen-bond donors (Lipinski definition) is 3. The summed E-state index contributed by atoms with van der Waals surface area (Å²) in [5, 5.41) is 11.8. The predicted octanol–water partition coefficient (Wildman–Crippen LogP) is 0.247. The van der Waals surface area contributed by atoms with Crippen LogP contribution in [0.15, 0.2) is 0 Å². The number of hydrogen-bond acceptors (Lipinski definition) is 4. The van der Waals surface area contributed by atoms with E-state index in [2.05, 4.69) is 5.32 Å². The molecule has 0 rings (SSSR count). The van der Waals surface area contributed by atoms with E-state index in [0.29, 0.717) is 0 Å². The molecular weight excluding hydrogens is 250 g/mol. The Morgan fingerprint density at radius 2 is 1.84 bits per heavy atom. The molecule has 0 spiro atoms. The largest absolute Gasteiger partial charge is 0.480 e. The van der Waals surface area contributed by atoms with Crippen LogP contribution < -0.4 is 11.2 Å². The number of rotatable bonds is 8. The Morgan fingerprint density at radius 3 is 2.32 bits per heavy atom. The van der Waals surface area contributed by atoms with Crippen molar-refractivity contribution < 1.29 is 19.5 Å². The van der Waals surface area contributed by atoms with E-state index < -0.39 is 24.0 Å². The van der Waals surface area contributed by atoms with Crippen LogP contribution in [0.3, 0.4) is 0 Å². The second kappa shape index (κ2) is 8.47. The highest BCUT2D eigenvalue weighted by Crippen LogP contribution is 2.04. The van der Waals surface area contributed by atoms with Crippen LogP contribution in [0.1, 0.15) is 46.5 Å². The minimum absolute atomic E-state index is 0.288. The van der Waals surface area contributed by atoms with E-state index in [0.717, 1.165) is 24.3 Å². The van der Waals surface area contributed by atoms with Gasteiger partial charge in [-0.15, -0.1) is 0 Å². The second-order valence-electron chi connectivity index (χ2n) is 4.50. The Kier molecular flexibility index (Phi) is 7.74. The standard InChI is InChI=1S/C12H23N3O4/c1-4-5-6-7-10(16)15(13)9(3)11(17)14-8(2)12(18)19/h8-9H,4-7,13H2,1-3H3,(H,14,17)(H,18,19)/t8-,9-/m1/s1. The molecule has 2 atom stereocenters. The zero-order valence-corrected chi connectivity index (χ0v) is 11.7. The van der Waals surface area contributed by atoms with Gasteiger partial charge in [0, 0.05) is 6.42 Å². The van der Waals surface area contributed by atoms with Gasteiger partial charge in [0.05, 0.1) is 0 Å². The molecule has 0 aliphatic heterocycles. The van der Waals surface area contributed by atoms with Gasteiger partial charge in [-0.3, -0.25) is 19.4 Å². The monoisotopic (exact) mass is 273 g/mol. The summed E-state index contributed by atoms with van der Waals surface area (Å²) >= 11 is 0. The van der Waals surface area contributed by atoms with Crippen molar-refractivity contribution in [2.45, 2.75) is 58.5 Å². The molecule has 0 aliphatic carbocycles. The fourth-order valence-corrected chi connectivity index (χ4v) is 1.39. The van der Waals surface area contributed by atoms with E-state index in [1.54, 1.807) is 0 Å². The molecule has 7 heteroatoms. The molecule has 0 fully saturated rings. The highest BCUT2D eigenvalue weighted by atomic mass is 16.4. The van der Waals surface area contributed by atoms with Crippen LogP contribution in [0.25, 0.3) is 0 Å². The van der Waals surface area contributed by atoms with Gasteiger partial charge in [-0.05, 0) is 20.3 Å². The Morgan fingerprint density at radius 1 is 1.26 bits per heavy atom. The maximum atomic E-state index is 11.7. The van der Waals surface area contributed by atoms with Gasteiger partial charge in [0.2, 0.25) is 11.8 Å². The van der Waals surface area contributed by atoms with E-state index in [9.17, 15) is 14.4 Å². The van der Waals surface area contributed by atoms with Gasteiger partial charge in [-0.2, -0.15) is 0 Å². The number of carbonyl (C=O) groups is 3. The van der Waals surface area contributed by atoms with Gasteiger partial charge in [0.25, 0.3) is 0 Å². The number of amides is 2. The lowest BCUT2D eigenvalue weighted by Gasteiger charge is -2.24. The number of nitrogens with zero attached hydrogens (tertiary/aromatic N) is 1. The number of nitrogens with one attached hydrogen (secondary N) is 1. The number of carbonyl (C=O) groups excluding carboxylic acids is 2. The summed E-state index contributed by atoms with van der Waals surface area (Å²) in [6.45, 7) is 4.83. The Labute approximate surface area is 113 Å². The molecule has 0 aromatic rings. The fraction of sp³-hybridized carbons (Fsp3) is 0.750. The highest BCUT2D eigenvalue weighted by Gasteiger charge is 2.25. The molecular formula is C12H23N3O4.